The lowest BCUT2D eigenvalue weighted by Crippen LogP contribution is -2.48. The maximum atomic E-state index is 12.1. The Morgan fingerprint density at radius 1 is 1.42 bits per heavy atom. The molecule has 128 valence electrons. The van der Waals surface area contributed by atoms with Crippen LogP contribution < -0.4 is 5.32 Å². The molecule has 1 amide bonds. The first-order valence-corrected chi connectivity index (χ1v) is 9.50. The summed E-state index contributed by atoms with van der Waals surface area (Å²) in [5.74, 6) is -0.00980. The van der Waals surface area contributed by atoms with Crippen molar-refractivity contribution in [3.8, 4) is 11.4 Å². The van der Waals surface area contributed by atoms with Crippen molar-refractivity contribution in [3.05, 3.63) is 29.3 Å². The van der Waals surface area contributed by atoms with E-state index in [1.165, 1.54) is 0 Å². The van der Waals surface area contributed by atoms with Crippen LogP contribution in [0.3, 0.4) is 0 Å². The summed E-state index contributed by atoms with van der Waals surface area (Å²) in [5.41, 5.74) is -0.123. The molecule has 2 heterocycles. The minimum atomic E-state index is -3.09. The molecule has 0 radical (unpaired) electrons. The van der Waals surface area contributed by atoms with Crippen LogP contribution in [0, 0.1) is 0 Å². The van der Waals surface area contributed by atoms with Crippen LogP contribution in [0.4, 0.5) is 0 Å². The molecule has 1 aromatic carbocycles. The number of benzene rings is 1. The van der Waals surface area contributed by atoms with Crippen LogP contribution in [0.5, 0.6) is 0 Å². The number of aromatic nitrogens is 4. The highest BCUT2D eigenvalue weighted by Gasteiger charge is 2.39. The van der Waals surface area contributed by atoms with E-state index in [0.29, 0.717) is 22.8 Å². The van der Waals surface area contributed by atoms with E-state index in [0.717, 1.165) is 4.80 Å². The van der Waals surface area contributed by atoms with Crippen molar-refractivity contribution in [2.45, 2.75) is 25.4 Å². The van der Waals surface area contributed by atoms with Crippen molar-refractivity contribution in [1.82, 2.24) is 25.5 Å². The lowest BCUT2D eigenvalue weighted by molar-refractivity contribution is -0.123. The fourth-order valence-corrected chi connectivity index (χ4v) is 4.99. The summed E-state index contributed by atoms with van der Waals surface area (Å²) in [5, 5.41) is 15.1. The van der Waals surface area contributed by atoms with Gasteiger partial charge in [-0.25, -0.2) is 8.42 Å². The number of rotatable bonds is 4. The molecule has 10 heteroatoms. The molecule has 0 bridgehead atoms. The first-order chi connectivity index (χ1) is 11.3. The third kappa shape index (κ3) is 3.73. The van der Waals surface area contributed by atoms with Crippen molar-refractivity contribution in [3.63, 3.8) is 0 Å². The number of halogens is 1. The number of nitrogens with zero attached hydrogens (tertiary/aromatic N) is 4. The molecule has 2 aromatic rings. The molecule has 1 saturated heterocycles. The highest BCUT2D eigenvalue weighted by atomic mass is 35.5. The van der Waals surface area contributed by atoms with Crippen molar-refractivity contribution in [2.24, 2.45) is 0 Å². The maximum absolute atomic E-state index is 12.1. The summed E-state index contributed by atoms with van der Waals surface area (Å²) >= 11 is 6.08. The SMILES string of the molecule is C[C@@]1(NC(=O)Cn2nnc(-c3ccccc3Cl)n2)CCS(=O)(=O)C1. The Morgan fingerprint density at radius 3 is 2.83 bits per heavy atom. The maximum Gasteiger partial charge on any atom is 0.244 e. The van der Waals surface area contributed by atoms with E-state index in [2.05, 4.69) is 20.7 Å². The quantitative estimate of drug-likeness (QED) is 0.849. The van der Waals surface area contributed by atoms with Gasteiger partial charge in [-0.05, 0) is 30.7 Å². The van der Waals surface area contributed by atoms with Gasteiger partial charge >= 0.3 is 0 Å². The minimum Gasteiger partial charge on any atom is -0.348 e. The Labute approximate surface area is 144 Å². The van der Waals surface area contributed by atoms with Crippen molar-refractivity contribution in [1.29, 1.82) is 0 Å². The smallest absolute Gasteiger partial charge is 0.244 e. The molecular formula is C14H16ClN5O3S. The second-order valence-electron chi connectivity index (χ2n) is 6.07. The molecule has 0 saturated carbocycles. The van der Waals surface area contributed by atoms with E-state index >= 15 is 0 Å². The van der Waals surface area contributed by atoms with Gasteiger partial charge in [0.05, 0.1) is 22.1 Å². The van der Waals surface area contributed by atoms with E-state index in [1.54, 1.807) is 31.2 Å². The largest absolute Gasteiger partial charge is 0.348 e. The third-order valence-electron chi connectivity index (χ3n) is 3.80. The van der Waals surface area contributed by atoms with Crippen molar-refractivity contribution in [2.75, 3.05) is 11.5 Å². The summed E-state index contributed by atoms with van der Waals surface area (Å²) in [7, 11) is -3.09. The molecule has 1 fully saturated rings. The number of amides is 1. The van der Waals surface area contributed by atoms with E-state index in [1.807, 2.05) is 0 Å². The van der Waals surface area contributed by atoms with Gasteiger partial charge in [0.1, 0.15) is 6.54 Å². The van der Waals surface area contributed by atoms with Crippen molar-refractivity contribution < 1.29 is 13.2 Å². The van der Waals surface area contributed by atoms with Crippen LogP contribution >= 0.6 is 11.6 Å². The zero-order valence-corrected chi connectivity index (χ0v) is 14.5. The van der Waals surface area contributed by atoms with E-state index < -0.39 is 15.4 Å². The van der Waals surface area contributed by atoms with E-state index in [4.69, 9.17) is 11.6 Å². The van der Waals surface area contributed by atoms with E-state index in [-0.39, 0.29) is 24.0 Å². The van der Waals surface area contributed by atoms with Gasteiger partial charge in [-0.1, -0.05) is 23.7 Å². The summed E-state index contributed by atoms with van der Waals surface area (Å²) in [6, 6.07) is 7.07. The molecule has 0 aliphatic carbocycles. The molecular weight excluding hydrogens is 354 g/mol. The van der Waals surface area contributed by atoms with Crippen molar-refractivity contribution >= 4 is 27.3 Å². The van der Waals surface area contributed by atoms with Crippen LogP contribution in [-0.2, 0) is 21.2 Å². The number of sulfone groups is 1. The van der Waals surface area contributed by atoms with Crippen LogP contribution in [-0.4, -0.2) is 51.6 Å². The lowest BCUT2D eigenvalue weighted by atomic mass is 10.0. The van der Waals surface area contributed by atoms with Crippen LogP contribution in [0.15, 0.2) is 24.3 Å². The number of tetrazole rings is 1. The number of hydrogen-bond donors (Lipinski definition) is 1. The molecule has 1 aromatic heterocycles. The van der Waals surface area contributed by atoms with Crippen LogP contribution in [0.25, 0.3) is 11.4 Å². The van der Waals surface area contributed by atoms with Gasteiger partial charge in [0.25, 0.3) is 0 Å². The van der Waals surface area contributed by atoms with Gasteiger partial charge in [-0.3, -0.25) is 4.79 Å². The van der Waals surface area contributed by atoms with Gasteiger partial charge in [-0.2, -0.15) is 4.80 Å². The summed E-state index contributed by atoms with van der Waals surface area (Å²) in [4.78, 5) is 13.3. The predicted octanol–water partition coefficient (Wildman–Crippen LogP) is 0.687. The highest BCUT2D eigenvalue weighted by Crippen LogP contribution is 2.24. The normalized spacial score (nSPS) is 22.4. The second kappa shape index (κ2) is 6.14. The lowest BCUT2D eigenvalue weighted by Gasteiger charge is -2.23. The molecule has 1 aliphatic heterocycles. The molecule has 3 rings (SSSR count). The van der Waals surface area contributed by atoms with Crippen LogP contribution in [0.1, 0.15) is 13.3 Å². The zero-order chi connectivity index (χ0) is 17.4. The second-order valence-corrected chi connectivity index (χ2v) is 8.67. The molecule has 8 nitrogen and oxygen atoms in total. The standard InChI is InChI=1S/C14H16ClN5O3S/c1-14(6-7-24(22,23)9-14)16-12(21)8-20-18-13(17-19-20)10-4-2-3-5-11(10)15/h2-5H,6-9H2,1H3,(H,16,21)/t14-/m1/s1. The monoisotopic (exact) mass is 369 g/mol. The highest BCUT2D eigenvalue weighted by molar-refractivity contribution is 7.91. The summed E-state index contributed by atoms with van der Waals surface area (Å²) in [6.45, 7) is 1.58. The first kappa shape index (κ1) is 16.8. The molecule has 1 aliphatic rings. The molecule has 0 spiro atoms. The third-order valence-corrected chi connectivity index (χ3v) is 6.03. The van der Waals surface area contributed by atoms with Gasteiger partial charge < -0.3 is 5.32 Å². The fourth-order valence-electron chi connectivity index (χ4n) is 2.67. The Kier molecular flexibility index (Phi) is 4.31. The number of nitrogens with one attached hydrogen (secondary N) is 1. The molecule has 0 unspecified atom stereocenters. The Bertz CT molecular complexity index is 882. The Balaban J connectivity index is 1.67. The first-order valence-electron chi connectivity index (χ1n) is 7.31. The van der Waals surface area contributed by atoms with Gasteiger partial charge in [0.15, 0.2) is 9.84 Å². The zero-order valence-electron chi connectivity index (χ0n) is 12.9. The average molecular weight is 370 g/mol. The number of carbonyl (C=O) groups excluding carboxylic acids is 1. The minimum absolute atomic E-state index is 0.0542. The van der Waals surface area contributed by atoms with Gasteiger partial charge in [0.2, 0.25) is 11.7 Å². The number of hydrogen-bond acceptors (Lipinski definition) is 6. The average Bonchev–Trinajstić information content (AvgIpc) is 3.03. The van der Waals surface area contributed by atoms with Gasteiger partial charge in [-0.15, -0.1) is 10.2 Å². The van der Waals surface area contributed by atoms with Gasteiger partial charge in [0, 0.05) is 5.56 Å². The molecule has 1 N–H and O–H groups in total. The topological polar surface area (TPSA) is 107 Å². The Morgan fingerprint density at radius 2 is 2.17 bits per heavy atom. The Hall–Kier alpha value is -2.00. The predicted molar refractivity (Wildman–Crippen MR) is 88.1 cm³/mol. The molecule has 1 atom stereocenters. The fraction of sp³-hybridized carbons (Fsp3) is 0.429. The number of carbonyl (C=O) groups is 1. The molecule has 24 heavy (non-hydrogen) atoms. The van der Waals surface area contributed by atoms with Crippen LogP contribution in [0.2, 0.25) is 5.02 Å². The summed E-state index contributed by atoms with van der Waals surface area (Å²) < 4.78 is 23.1. The van der Waals surface area contributed by atoms with E-state index in [9.17, 15) is 13.2 Å². The summed E-state index contributed by atoms with van der Waals surface area (Å²) in [6.07, 6.45) is 0.400.